The first-order valence-corrected chi connectivity index (χ1v) is 8.55. The van der Waals surface area contributed by atoms with Crippen LogP contribution in [0.15, 0.2) is 45.3 Å². The number of hydrogen-bond acceptors (Lipinski definition) is 3. The summed E-state index contributed by atoms with van der Waals surface area (Å²) in [4.78, 5) is 14.0. The van der Waals surface area contributed by atoms with E-state index in [9.17, 15) is 4.79 Å². The van der Waals surface area contributed by atoms with Crippen molar-refractivity contribution in [1.82, 2.24) is 4.90 Å². The van der Waals surface area contributed by atoms with E-state index in [1.165, 1.54) is 6.42 Å². The van der Waals surface area contributed by atoms with E-state index >= 15 is 0 Å². The highest BCUT2D eigenvalue weighted by Gasteiger charge is 2.14. The fraction of sp³-hybridized carbons (Fsp3) is 0.278. The molecule has 2 heterocycles. The van der Waals surface area contributed by atoms with Gasteiger partial charge in [-0.25, -0.2) is 0 Å². The number of nitrogen functional groups attached to an aromatic ring is 1. The van der Waals surface area contributed by atoms with E-state index in [0.29, 0.717) is 11.4 Å². The largest absolute Gasteiger partial charge is 0.457 e. The summed E-state index contributed by atoms with van der Waals surface area (Å²) in [7, 11) is 0. The third-order valence-electron chi connectivity index (χ3n) is 3.94. The molecule has 0 saturated carbocycles. The van der Waals surface area contributed by atoms with Gasteiger partial charge in [0.1, 0.15) is 11.5 Å². The van der Waals surface area contributed by atoms with Crippen LogP contribution < -0.4 is 5.73 Å². The van der Waals surface area contributed by atoms with Gasteiger partial charge in [-0.15, -0.1) is 0 Å². The predicted molar refractivity (Wildman–Crippen MR) is 95.7 cm³/mol. The molecule has 1 aliphatic heterocycles. The van der Waals surface area contributed by atoms with E-state index in [-0.39, 0.29) is 5.91 Å². The molecule has 1 amide bonds. The van der Waals surface area contributed by atoms with Crippen molar-refractivity contribution in [3.05, 3.63) is 46.6 Å². The molecule has 1 aliphatic rings. The van der Waals surface area contributed by atoms with E-state index in [4.69, 9.17) is 10.2 Å². The highest BCUT2D eigenvalue weighted by molar-refractivity contribution is 9.10. The topological polar surface area (TPSA) is 59.5 Å². The van der Waals surface area contributed by atoms with Gasteiger partial charge in [0.15, 0.2) is 0 Å². The minimum atomic E-state index is 0.0521. The Kier molecular flexibility index (Phi) is 4.86. The van der Waals surface area contributed by atoms with Gasteiger partial charge in [-0.05, 0) is 71.6 Å². The first-order valence-electron chi connectivity index (χ1n) is 7.76. The van der Waals surface area contributed by atoms with Crippen LogP contribution in [0.4, 0.5) is 5.69 Å². The molecule has 3 rings (SSSR count). The van der Waals surface area contributed by atoms with Crippen molar-refractivity contribution in [3.8, 4) is 11.3 Å². The summed E-state index contributed by atoms with van der Waals surface area (Å²) in [6.07, 6.45) is 6.72. The quantitative estimate of drug-likeness (QED) is 0.642. The molecule has 2 N–H and O–H groups in total. The van der Waals surface area contributed by atoms with Crippen molar-refractivity contribution < 1.29 is 9.21 Å². The summed E-state index contributed by atoms with van der Waals surface area (Å²) in [5.41, 5.74) is 7.37. The zero-order valence-electron chi connectivity index (χ0n) is 12.8. The number of rotatable bonds is 3. The molecule has 2 aromatic rings. The van der Waals surface area contributed by atoms with E-state index in [0.717, 1.165) is 41.7 Å². The second-order valence-electron chi connectivity index (χ2n) is 5.66. The SMILES string of the molecule is Nc1ccc(-c2ccc(/C=C/C(=O)N3CCCCC3)o2)c(Br)c1. The zero-order chi connectivity index (χ0) is 16.2. The van der Waals surface area contributed by atoms with E-state index < -0.39 is 0 Å². The number of anilines is 1. The maximum Gasteiger partial charge on any atom is 0.246 e. The van der Waals surface area contributed by atoms with Crippen molar-refractivity contribution in [2.75, 3.05) is 18.8 Å². The number of likely N-dealkylation sites (tertiary alicyclic amines) is 1. The standard InChI is InChI=1S/C18H19BrN2O2/c19-16-12-13(20)4-7-15(16)17-8-5-14(23-17)6-9-18(22)21-10-2-1-3-11-21/h4-9,12H,1-3,10-11,20H2/b9-6+. The summed E-state index contributed by atoms with van der Waals surface area (Å²) < 4.78 is 6.68. The fourth-order valence-electron chi connectivity index (χ4n) is 2.69. The summed E-state index contributed by atoms with van der Waals surface area (Å²) in [5, 5.41) is 0. The summed E-state index contributed by atoms with van der Waals surface area (Å²) in [6.45, 7) is 1.70. The minimum absolute atomic E-state index is 0.0521. The van der Waals surface area contributed by atoms with Gasteiger partial charge in [0.25, 0.3) is 0 Å². The molecule has 1 aromatic carbocycles. The highest BCUT2D eigenvalue weighted by atomic mass is 79.9. The number of halogens is 1. The van der Waals surface area contributed by atoms with Gasteiger partial charge >= 0.3 is 0 Å². The van der Waals surface area contributed by atoms with Gasteiger partial charge in [0.2, 0.25) is 5.91 Å². The number of carbonyl (C=O) groups is 1. The van der Waals surface area contributed by atoms with Gasteiger partial charge in [-0.2, -0.15) is 0 Å². The zero-order valence-corrected chi connectivity index (χ0v) is 14.4. The van der Waals surface area contributed by atoms with E-state index in [1.807, 2.05) is 35.2 Å². The third-order valence-corrected chi connectivity index (χ3v) is 4.60. The van der Waals surface area contributed by atoms with Gasteiger partial charge < -0.3 is 15.1 Å². The maximum atomic E-state index is 12.1. The third kappa shape index (κ3) is 3.85. The molecule has 1 aromatic heterocycles. The summed E-state index contributed by atoms with van der Waals surface area (Å²) >= 11 is 3.49. The van der Waals surface area contributed by atoms with Crippen molar-refractivity contribution in [1.29, 1.82) is 0 Å². The van der Waals surface area contributed by atoms with Crippen LogP contribution in [0.3, 0.4) is 0 Å². The Bertz CT molecular complexity index is 730. The average Bonchev–Trinajstić information content (AvgIpc) is 3.02. The van der Waals surface area contributed by atoms with Crippen LogP contribution in [0.25, 0.3) is 17.4 Å². The number of furan rings is 1. The number of nitrogens with two attached hydrogens (primary N) is 1. The normalized spacial score (nSPS) is 15.3. The molecular weight excluding hydrogens is 356 g/mol. The lowest BCUT2D eigenvalue weighted by molar-refractivity contribution is -0.126. The van der Waals surface area contributed by atoms with Crippen LogP contribution in [0.5, 0.6) is 0 Å². The predicted octanol–water partition coefficient (Wildman–Crippen LogP) is 4.32. The second-order valence-corrected chi connectivity index (χ2v) is 6.51. The lowest BCUT2D eigenvalue weighted by atomic mass is 10.1. The Morgan fingerprint density at radius 2 is 1.96 bits per heavy atom. The number of carbonyl (C=O) groups excluding carboxylic acids is 1. The maximum absolute atomic E-state index is 12.1. The van der Waals surface area contributed by atoms with Crippen LogP contribution in [0.2, 0.25) is 0 Å². The van der Waals surface area contributed by atoms with Crippen molar-refractivity contribution >= 4 is 33.6 Å². The van der Waals surface area contributed by atoms with E-state index in [1.54, 1.807) is 12.2 Å². The van der Waals surface area contributed by atoms with Gasteiger partial charge in [-0.1, -0.05) is 0 Å². The second kappa shape index (κ2) is 7.04. The van der Waals surface area contributed by atoms with Gasteiger partial charge in [-0.3, -0.25) is 4.79 Å². The van der Waals surface area contributed by atoms with E-state index in [2.05, 4.69) is 15.9 Å². The Hall–Kier alpha value is -2.01. The molecule has 0 radical (unpaired) electrons. The number of hydrogen-bond donors (Lipinski definition) is 1. The smallest absolute Gasteiger partial charge is 0.246 e. The van der Waals surface area contributed by atoms with Crippen molar-refractivity contribution in [2.45, 2.75) is 19.3 Å². The number of amides is 1. The highest BCUT2D eigenvalue weighted by Crippen LogP contribution is 2.31. The Labute approximate surface area is 144 Å². The molecule has 120 valence electrons. The fourth-order valence-corrected chi connectivity index (χ4v) is 3.28. The molecule has 0 aliphatic carbocycles. The number of nitrogens with zero attached hydrogens (tertiary/aromatic N) is 1. The average molecular weight is 375 g/mol. The van der Waals surface area contributed by atoms with Crippen LogP contribution in [-0.4, -0.2) is 23.9 Å². The molecule has 0 spiro atoms. The molecule has 23 heavy (non-hydrogen) atoms. The van der Waals surface area contributed by atoms with Crippen LogP contribution in [0.1, 0.15) is 25.0 Å². The minimum Gasteiger partial charge on any atom is -0.457 e. The molecular formula is C18H19BrN2O2. The molecule has 0 bridgehead atoms. The molecule has 1 fully saturated rings. The monoisotopic (exact) mass is 374 g/mol. The molecule has 4 nitrogen and oxygen atoms in total. The van der Waals surface area contributed by atoms with Crippen molar-refractivity contribution in [3.63, 3.8) is 0 Å². The molecule has 1 saturated heterocycles. The lowest BCUT2D eigenvalue weighted by Gasteiger charge is -2.25. The summed E-state index contributed by atoms with van der Waals surface area (Å²) in [5.74, 6) is 1.45. The summed E-state index contributed by atoms with van der Waals surface area (Å²) in [6, 6.07) is 9.33. The first kappa shape index (κ1) is 15.9. The van der Waals surface area contributed by atoms with Gasteiger partial charge in [0.05, 0.1) is 0 Å². The Morgan fingerprint density at radius 1 is 1.17 bits per heavy atom. The van der Waals surface area contributed by atoms with Crippen LogP contribution >= 0.6 is 15.9 Å². The molecule has 5 heteroatoms. The number of piperidine rings is 1. The number of benzene rings is 1. The first-order chi connectivity index (χ1) is 11.1. The van der Waals surface area contributed by atoms with Crippen LogP contribution in [-0.2, 0) is 4.79 Å². The molecule has 0 atom stereocenters. The Morgan fingerprint density at radius 3 is 2.70 bits per heavy atom. The van der Waals surface area contributed by atoms with Crippen LogP contribution in [0, 0.1) is 0 Å². The van der Waals surface area contributed by atoms with Gasteiger partial charge in [0, 0.05) is 34.9 Å². The molecule has 0 unspecified atom stereocenters. The van der Waals surface area contributed by atoms with Crippen molar-refractivity contribution in [2.24, 2.45) is 0 Å². The lowest BCUT2D eigenvalue weighted by Crippen LogP contribution is -2.34. The Balaban J connectivity index is 1.71.